The van der Waals surface area contributed by atoms with Gasteiger partial charge in [0, 0.05) is 19.2 Å². The van der Waals surface area contributed by atoms with E-state index in [0.29, 0.717) is 0 Å². The van der Waals surface area contributed by atoms with Crippen molar-refractivity contribution in [3.8, 4) is 0 Å². The molecule has 2 aromatic heterocycles. The van der Waals surface area contributed by atoms with Gasteiger partial charge < -0.3 is 9.88 Å². The van der Waals surface area contributed by atoms with Crippen molar-refractivity contribution < 1.29 is 0 Å². The normalized spacial score (nSPS) is 19.7. The standard InChI is InChI=1S/C14H20N4/c1-2-18-13-6-8-16-10-12(13)17-14(18)4-3-11-5-7-15-9-11/h6,8,10-11,15H,2-5,7,9H2,1H3. The van der Waals surface area contributed by atoms with Gasteiger partial charge in [-0.3, -0.25) is 4.98 Å². The molecule has 1 unspecified atom stereocenters. The quantitative estimate of drug-likeness (QED) is 0.894. The molecule has 0 radical (unpaired) electrons. The fraction of sp³-hybridized carbons (Fsp3) is 0.571. The van der Waals surface area contributed by atoms with Crippen LogP contribution in [0.5, 0.6) is 0 Å². The zero-order chi connectivity index (χ0) is 12.4. The minimum atomic E-state index is 0.827. The predicted octanol–water partition coefficient (Wildman–Crippen LogP) is 1.99. The zero-order valence-corrected chi connectivity index (χ0v) is 10.9. The third kappa shape index (κ3) is 2.12. The first-order valence-corrected chi connectivity index (χ1v) is 6.88. The molecule has 1 atom stereocenters. The van der Waals surface area contributed by atoms with Gasteiger partial charge in [0.25, 0.3) is 0 Å². The monoisotopic (exact) mass is 244 g/mol. The summed E-state index contributed by atoms with van der Waals surface area (Å²) in [5.74, 6) is 2.04. The van der Waals surface area contributed by atoms with Gasteiger partial charge in [-0.1, -0.05) is 0 Å². The van der Waals surface area contributed by atoms with Gasteiger partial charge in [-0.05, 0) is 44.8 Å². The topological polar surface area (TPSA) is 42.7 Å². The Morgan fingerprint density at radius 2 is 2.44 bits per heavy atom. The van der Waals surface area contributed by atoms with Crippen LogP contribution in [0, 0.1) is 5.92 Å². The third-order valence-corrected chi connectivity index (χ3v) is 3.88. The van der Waals surface area contributed by atoms with Crippen LogP contribution in [0.3, 0.4) is 0 Å². The van der Waals surface area contributed by atoms with Crippen LogP contribution in [0.15, 0.2) is 18.5 Å². The first kappa shape index (κ1) is 11.7. The van der Waals surface area contributed by atoms with Gasteiger partial charge in [-0.25, -0.2) is 4.98 Å². The highest BCUT2D eigenvalue weighted by Gasteiger charge is 2.16. The molecule has 0 aliphatic carbocycles. The Morgan fingerprint density at radius 1 is 1.50 bits per heavy atom. The van der Waals surface area contributed by atoms with Crippen LogP contribution in [0.25, 0.3) is 11.0 Å². The Bertz CT molecular complexity index is 526. The molecule has 0 aromatic carbocycles. The van der Waals surface area contributed by atoms with Gasteiger partial charge in [0.15, 0.2) is 0 Å². The minimum Gasteiger partial charge on any atom is -0.328 e. The summed E-state index contributed by atoms with van der Waals surface area (Å²) in [6.07, 6.45) is 7.34. The number of aromatic nitrogens is 3. The molecule has 96 valence electrons. The molecule has 18 heavy (non-hydrogen) atoms. The van der Waals surface area contributed by atoms with E-state index in [9.17, 15) is 0 Å². The number of pyridine rings is 1. The Balaban J connectivity index is 1.81. The lowest BCUT2D eigenvalue weighted by Gasteiger charge is -2.09. The van der Waals surface area contributed by atoms with Gasteiger partial charge in [-0.15, -0.1) is 0 Å². The van der Waals surface area contributed by atoms with E-state index in [1.807, 2.05) is 12.4 Å². The Morgan fingerprint density at radius 3 is 3.22 bits per heavy atom. The molecule has 1 saturated heterocycles. The summed E-state index contributed by atoms with van der Waals surface area (Å²) in [4.78, 5) is 8.88. The number of rotatable bonds is 4. The van der Waals surface area contributed by atoms with E-state index in [4.69, 9.17) is 4.98 Å². The summed E-state index contributed by atoms with van der Waals surface area (Å²) in [6.45, 7) is 5.52. The van der Waals surface area contributed by atoms with Crippen LogP contribution in [0.1, 0.15) is 25.6 Å². The molecule has 1 aliphatic heterocycles. The number of fused-ring (bicyclic) bond motifs is 1. The van der Waals surface area contributed by atoms with Crippen molar-refractivity contribution in [2.45, 2.75) is 32.7 Å². The minimum absolute atomic E-state index is 0.827. The first-order valence-electron chi connectivity index (χ1n) is 6.88. The fourth-order valence-corrected chi connectivity index (χ4v) is 2.87. The molecule has 4 heteroatoms. The molecular weight excluding hydrogens is 224 g/mol. The van der Waals surface area contributed by atoms with Crippen LogP contribution in [-0.4, -0.2) is 27.6 Å². The highest BCUT2D eigenvalue weighted by atomic mass is 15.1. The molecule has 2 aromatic rings. The molecule has 0 bridgehead atoms. The maximum atomic E-state index is 4.72. The van der Waals surface area contributed by atoms with E-state index in [2.05, 4.69) is 27.9 Å². The molecule has 0 spiro atoms. The molecule has 1 aliphatic rings. The van der Waals surface area contributed by atoms with Crippen molar-refractivity contribution in [2.24, 2.45) is 5.92 Å². The van der Waals surface area contributed by atoms with E-state index >= 15 is 0 Å². The van der Waals surface area contributed by atoms with Gasteiger partial charge in [0.05, 0.1) is 11.7 Å². The Kier molecular flexibility index (Phi) is 3.28. The van der Waals surface area contributed by atoms with Gasteiger partial charge in [-0.2, -0.15) is 0 Å². The molecule has 1 fully saturated rings. The zero-order valence-electron chi connectivity index (χ0n) is 10.9. The van der Waals surface area contributed by atoms with E-state index in [0.717, 1.165) is 24.4 Å². The van der Waals surface area contributed by atoms with Crippen molar-refractivity contribution in [1.82, 2.24) is 19.9 Å². The average Bonchev–Trinajstić information content (AvgIpc) is 3.03. The number of hydrogen-bond acceptors (Lipinski definition) is 3. The summed E-state index contributed by atoms with van der Waals surface area (Å²) >= 11 is 0. The van der Waals surface area contributed by atoms with Crippen molar-refractivity contribution in [2.75, 3.05) is 13.1 Å². The van der Waals surface area contributed by atoms with Crippen LogP contribution in [0.4, 0.5) is 0 Å². The van der Waals surface area contributed by atoms with Gasteiger partial charge in [0.2, 0.25) is 0 Å². The van der Waals surface area contributed by atoms with E-state index in [1.54, 1.807) is 0 Å². The summed E-state index contributed by atoms with van der Waals surface area (Å²) < 4.78 is 2.32. The largest absolute Gasteiger partial charge is 0.328 e. The first-order chi connectivity index (χ1) is 8.88. The van der Waals surface area contributed by atoms with E-state index in [-0.39, 0.29) is 0 Å². The smallest absolute Gasteiger partial charge is 0.109 e. The summed E-state index contributed by atoms with van der Waals surface area (Å²) in [5.41, 5.74) is 2.24. The number of nitrogens with one attached hydrogen (secondary N) is 1. The van der Waals surface area contributed by atoms with Crippen LogP contribution in [0.2, 0.25) is 0 Å². The molecule has 0 amide bonds. The van der Waals surface area contributed by atoms with Gasteiger partial charge >= 0.3 is 0 Å². The number of nitrogens with zero attached hydrogens (tertiary/aromatic N) is 3. The molecule has 3 heterocycles. The Hall–Kier alpha value is -1.42. The van der Waals surface area contributed by atoms with Crippen LogP contribution in [-0.2, 0) is 13.0 Å². The van der Waals surface area contributed by atoms with Gasteiger partial charge in [0.1, 0.15) is 11.3 Å². The lowest BCUT2D eigenvalue weighted by Crippen LogP contribution is -2.11. The van der Waals surface area contributed by atoms with E-state index in [1.165, 1.54) is 37.3 Å². The summed E-state index contributed by atoms with van der Waals surface area (Å²) in [7, 11) is 0. The predicted molar refractivity (Wildman–Crippen MR) is 72.5 cm³/mol. The lowest BCUT2D eigenvalue weighted by molar-refractivity contribution is 0.516. The van der Waals surface area contributed by atoms with E-state index < -0.39 is 0 Å². The Labute approximate surface area is 107 Å². The summed E-state index contributed by atoms with van der Waals surface area (Å²) in [6, 6.07) is 2.06. The van der Waals surface area contributed by atoms with Crippen molar-refractivity contribution in [1.29, 1.82) is 0 Å². The van der Waals surface area contributed by atoms with Crippen LogP contribution >= 0.6 is 0 Å². The van der Waals surface area contributed by atoms with Crippen molar-refractivity contribution in [3.63, 3.8) is 0 Å². The number of hydrogen-bond donors (Lipinski definition) is 1. The lowest BCUT2D eigenvalue weighted by atomic mass is 10.0. The molecule has 4 nitrogen and oxygen atoms in total. The number of imidazole rings is 1. The second-order valence-corrected chi connectivity index (χ2v) is 5.03. The highest BCUT2D eigenvalue weighted by molar-refractivity contribution is 5.74. The highest BCUT2D eigenvalue weighted by Crippen LogP contribution is 2.19. The average molecular weight is 244 g/mol. The maximum absolute atomic E-state index is 4.72. The van der Waals surface area contributed by atoms with Crippen LogP contribution < -0.4 is 5.32 Å². The molecule has 3 rings (SSSR count). The third-order valence-electron chi connectivity index (χ3n) is 3.88. The second kappa shape index (κ2) is 5.06. The second-order valence-electron chi connectivity index (χ2n) is 5.03. The van der Waals surface area contributed by atoms with Crippen molar-refractivity contribution >= 4 is 11.0 Å². The molecular formula is C14H20N4. The maximum Gasteiger partial charge on any atom is 0.109 e. The number of aryl methyl sites for hydroxylation is 2. The fourth-order valence-electron chi connectivity index (χ4n) is 2.87. The SMILES string of the molecule is CCn1c(CCC2CCNC2)nc2cnccc21. The molecule has 1 N–H and O–H groups in total. The van der Waals surface area contributed by atoms with Crippen molar-refractivity contribution in [3.05, 3.63) is 24.3 Å². The molecule has 0 saturated carbocycles. The summed E-state index contributed by atoms with van der Waals surface area (Å²) in [5, 5.41) is 3.43.